The first-order valence-corrected chi connectivity index (χ1v) is 13.5. The van der Waals surface area contributed by atoms with Crippen LogP contribution < -0.4 is 10.5 Å². The number of sulfone groups is 1. The largest absolute Gasteiger partial charge is 0.343 e. The van der Waals surface area contributed by atoms with Gasteiger partial charge < -0.3 is 4.90 Å². The molecule has 1 atom stereocenters. The van der Waals surface area contributed by atoms with Gasteiger partial charge in [0.25, 0.3) is 10.7 Å². The zero-order chi connectivity index (χ0) is 25.0. The molecule has 0 amide bonds. The molecule has 4 heterocycles. The zero-order valence-electron chi connectivity index (χ0n) is 19.1. The molecule has 0 N–H and O–H groups in total. The van der Waals surface area contributed by atoms with E-state index >= 15 is 0 Å². The van der Waals surface area contributed by atoms with Crippen LogP contribution in [0.3, 0.4) is 0 Å². The summed E-state index contributed by atoms with van der Waals surface area (Å²) in [7, 11) is -3.68. The molecule has 12 heteroatoms. The van der Waals surface area contributed by atoms with Crippen molar-refractivity contribution in [1.29, 1.82) is 0 Å². The van der Waals surface area contributed by atoms with Crippen LogP contribution in [-0.4, -0.2) is 50.4 Å². The summed E-state index contributed by atoms with van der Waals surface area (Å²) in [5.74, 6) is 0.890. The molecular weight excluding hydrogens is 502 g/mol. The summed E-state index contributed by atoms with van der Waals surface area (Å²) in [5, 5.41) is 4.48. The van der Waals surface area contributed by atoms with E-state index in [4.69, 9.17) is 16.6 Å². The van der Waals surface area contributed by atoms with Crippen molar-refractivity contribution < 1.29 is 8.42 Å². The predicted octanol–water partition coefficient (Wildman–Crippen LogP) is 3.22. The van der Waals surface area contributed by atoms with Crippen molar-refractivity contribution in [2.24, 2.45) is 0 Å². The second-order valence-electron chi connectivity index (χ2n) is 8.62. The van der Waals surface area contributed by atoms with E-state index < -0.39 is 9.84 Å². The topological polar surface area (TPSA) is 115 Å². The van der Waals surface area contributed by atoms with Gasteiger partial charge in [-0.1, -0.05) is 35.9 Å². The fourth-order valence-corrected chi connectivity index (χ4v) is 5.43. The van der Waals surface area contributed by atoms with Crippen molar-refractivity contribution in [2.75, 3.05) is 17.7 Å². The summed E-state index contributed by atoms with van der Waals surface area (Å²) >= 11 is 6.42. The molecule has 0 unspecified atom stereocenters. The molecule has 0 bridgehead atoms. The highest BCUT2D eigenvalue weighted by Crippen LogP contribution is 2.37. The number of aromatic nitrogens is 6. The Bertz CT molecular complexity index is 1800. The zero-order valence-corrected chi connectivity index (χ0v) is 20.7. The van der Waals surface area contributed by atoms with Crippen LogP contribution in [-0.2, 0) is 9.84 Å². The molecule has 3 aromatic heterocycles. The van der Waals surface area contributed by atoms with Gasteiger partial charge in [0.2, 0.25) is 9.84 Å². The number of halogens is 1. The highest BCUT2D eigenvalue weighted by Gasteiger charge is 2.34. The van der Waals surface area contributed by atoms with Crippen LogP contribution in [0.1, 0.15) is 24.7 Å². The van der Waals surface area contributed by atoms with Gasteiger partial charge in [0.05, 0.1) is 27.7 Å². The number of hydrogen-bond donors (Lipinski definition) is 0. The molecule has 0 saturated carbocycles. The molecule has 182 valence electrons. The van der Waals surface area contributed by atoms with Gasteiger partial charge in [-0.25, -0.2) is 22.9 Å². The summed E-state index contributed by atoms with van der Waals surface area (Å²) in [5.41, 5.74) is 1.30. The van der Waals surface area contributed by atoms with Gasteiger partial charge in [-0.05, 0) is 37.1 Å². The van der Waals surface area contributed by atoms with Crippen LogP contribution in [0.5, 0.6) is 0 Å². The van der Waals surface area contributed by atoms with Gasteiger partial charge in [-0.3, -0.25) is 9.36 Å². The minimum atomic E-state index is -3.68. The Morgan fingerprint density at radius 1 is 1.06 bits per heavy atom. The van der Waals surface area contributed by atoms with Crippen LogP contribution in [0.2, 0.25) is 5.02 Å². The summed E-state index contributed by atoms with van der Waals surface area (Å²) in [4.78, 5) is 29.5. The summed E-state index contributed by atoms with van der Waals surface area (Å²) in [6.45, 7) is 0.575. The maximum atomic E-state index is 13.8. The van der Waals surface area contributed by atoms with Crippen molar-refractivity contribution in [3.63, 3.8) is 0 Å². The first kappa shape index (κ1) is 22.6. The molecule has 1 fully saturated rings. The van der Waals surface area contributed by atoms with Gasteiger partial charge >= 0.3 is 0 Å². The molecule has 2 aromatic carbocycles. The molecular formula is C24H20ClN7O3S. The van der Waals surface area contributed by atoms with Gasteiger partial charge in [-0.2, -0.15) is 4.98 Å². The van der Waals surface area contributed by atoms with Crippen molar-refractivity contribution >= 4 is 43.8 Å². The van der Waals surface area contributed by atoms with E-state index in [-0.39, 0.29) is 16.8 Å². The summed E-state index contributed by atoms with van der Waals surface area (Å²) in [6, 6.07) is 14.1. The van der Waals surface area contributed by atoms with Gasteiger partial charge in [-0.15, -0.1) is 5.10 Å². The Morgan fingerprint density at radius 2 is 1.86 bits per heavy atom. The Labute approximate surface area is 210 Å². The molecule has 1 aliphatic heterocycles. The molecule has 36 heavy (non-hydrogen) atoms. The number of fused-ring (bicyclic) bond motifs is 2. The molecule has 0 spiro atoms. The summed E-state index contributed by atoms with van der Waals surface area (Å²) < 4.78 is 27.7. The second kappa shape index (κ2) is 8.38. The number of para-hydroxylation sites is 1. The highest BCUT2D eigenvalue weighted by atomic mass is 35.5. The second-order valence-corrected chi connectivity index (χ2v) is 10.9. The van der Waals surface area contributed by atoms with Crippen molar-refractivity contribution in [2.45, 2.75) is 24.0 Å². The van der Waals surface area contributed by atoms with Crippen molar-refractivity contribution in [1.82, 2.24) is 29.1 Å². The smallest absolute Gasteiger partial charge is 0.267 e. The van der Waals surface area contributed by atoms with Crippen LogP contribution >= 0.6 is 11.6 Å². The van der Waals surface area contributed by atoms with Gasteiger partial charge in [0.15, 0.2) is 11.5 Å². The molecule has 0 radical (unpaired) electrons. The number of benzene rings is 2. The van der Waals surface area contributed by atoms with E-state index in [1.165, 1.54) is 4.52 Å². The highest BCUT2D eigenvalue weighted by molar-refractivity contribution is 7.90. The van der Waals surface area contributed by atoms with E-state index in [9.17, 15) is 13.2 Å². The van der Waals surface area contributed by atoms with E-state index in [0.29, 0.717) is 51.9 Å². The molecule has 5 aromatic rings. The third-order valence-corrected chi connectivity index (χ3v) is 7.41. The maximum Gasteiger partial charge on any atom is 0.267 e. The lowest BCUT2D eigenvalue weighted by Gasteiger charge is -2.28. The summed E-state index contributed by atoms with van der Waals surface area (Å²) in [6.07, 6.45) is 5.65. The fourth-order valence-electron chi connectivity index (χ4n) is 4.69. The number of imidazole rings is 1. The number of anilines is 1. The third-order valence-electron chi connectivity index (χ3n) is 6.26. The minimum absolute atomic E-state index is 0.274. The monoisotopic (exact) mass is 521 g/mol. The van der Waals surface area contributed by atoms with Crippen LogP contribution in [0.4, 0.5) is 5.82 Å². The van der Waals surface area contributed by atoms with Crippen molar-refractivity contribution in [3.8, 4) is 5.69 Å². The Balaban J connectivity index is 1.62. The molecule has 6 rings (SSSR count). The SMILES string of the molecule is CS(=O)(=O)c1nc(N2CCC[C@H]2c2nc3cccc(Cl)c3c(=O)n2-c2ccccc2)c2nccn2n1. The first-order chi connectivity index (χ1) is 17.3. The molecule has 1 saturated heterocycles. The van der Waals surface area contributed by atoms with E-state index in [0.717, 1.165) is 12.7 Å². The Hall–Kier alpha value is -3.83. The lowest BCUT2D eigenvalue weighted by atomic mass is 10.1. The third kappa shape index (κ3) is 3.62. The predicted molar refractivity (Wildman–Crippen MR) is 136 cm³/mol. The number of rotatable bonds is 4. The fraction of sp³-hybridized carbons (Fsp3) is 0.208. The number of hydrogen-bond acceptors (Lipinski definition) is 8. The molecule has 1 aliphatic rings. The average molecular weight is 522 g/mol. The lowest BCUT2D eigenvalue weighted by molar-refractivity contribution is 0.584. The van der Waals surface area contributed by atoms with E-state index in [1.807, 2.05) is 35.2 Å². The first-order valence-electron chi connectivity index (χ1n) is 11.3. The van der Waals surface area contributed by atoms with E-state index in [1.54, 1.807) is 35.2 Å². The van der Waals surface area contributed by atoms with Crippen molar-refractivity contribution in [3.05, 3.63) is 82.1 Å². The normalized spacial score (nSPS) is 16.3. The van der Waals surface area contributed by atoms with Gasteiger partial charge in [0.1, 0.15) is 5.82 Å². The standard InChI is InChI=1S/C24H20ClN7O3S/c1-36(34,35)24-28-22(21-26-12-14-31(21)29-24)30-13-6-11-18(30)20-27-17-10-5-9-16(25)19(17)23(33)32(20)15-7-3-2-4-8-15/h2-5,7-10,12,14,18H,6,11,13H2,1H3/t18-/m0/s1. The Kier molecular flexibility index (Phi) is 5.27. The maximum absolute atomic E-state index is 13.8. The minimum Gasteiger partial charge on any atom is -0.343 e. The molecule has 0 aliphatic carbocycles. The van der Waals surface area contributed by atoms with Gasteiger partial charge in [0, 0.05) is 25.2 Å². The molecule has 10 nitrogen and oxygen atoms in total. The number of nitrogens with zero attached hydrogens (tertiary/aromatic N) is 7. The van der Waals surface area contributed by atoms with E-state index in [2.05, 4.69) is 15.1 Å². The quantitative estimate of drug-likeness (QED) is 0.354. The van der Waals surface area contributed by atoms with Crippen LogP contribution in [0.25, 0.3) is 22.2 Å². The lowest BCUT2D eigenvalue weighted by Crippen LogP contribution is -2.32. The Morgan fingerprint density at radius 3 is 2.64 bits per heavy atom. The average Bonchev–Trinajstić information content (AvgIpc) is 3.53. The van der Waals surface area contributed by atoms with Crippen LogP contribution in [0.15, 0.2) is 70.9 Å². The van der Waals surface area contributed by atoms with Crippen LogP contribution in [0, 0.1) is 0 Å².